The molecule has 2 N–H and O–H groups in total. The average molecular weight is 468 g/mol. The van der Waals surface area contributed by atoms with E-state index < -0.39 is 0 Å². The molecule has 0 saturated carbocycles. The number of hydrogen-bond donors (Lipinski definition) is 2. The van der Waals surface area contributed by atoms with Gasteiger partial charge in [-0.15, -0.1) is 22.0 Å². The number of para-hydroxylation sites is 1. The van der Waals surface area contributed by atoms with Crippen LogP contribution in [0.25, 0.3) is 11.5 Å². The number of carbonyl (C=O) groups is 1. The van der Waals surface area contributed by atoms with Crippen molar-refractivity contribution < 1.29 is 13.9 Å². The zero-order chi connectivity index (χ0) is 22.7. The molecule has 0 bridgehead atoms. The van der Waals surface area contributed by atoms with Crippen LogP contribution < -0.4 is 15.4 Å². The maximum atomic E-state index is 12.1. The standard InChI is InChI=1S/C24H29N5O3S/c30-24(25-12-15-29-13-4-5-14-29)26-20-10-8-19(9-11-20)23-28-27-22(32-23)18-33-17-16-31-21-6-2-1-3-7-21/h1-3,6-11H,4-5,12-18H2,(H2,25,26,30). The minimum absolute atomic E-state index is 0.199. The molecule has 0 spiro atoms. The number of amides is 2. The maximum absolute atomic E-state index is 12.1. The van der Waals surface area contributed by atoms with Gasteiger partial charge >= 0.3 is 6.03 Å². The molecule has 0 radical (unpaired) electrons. The van der Waals surface area contributed by atoms with Crippen LogP contribution in [0.1, 0.15) is 18.7 Å². The highest BCUT2D eigenvalue weighted by Crippen LogP contribution is 2.22. The van der Waals surface area contributed by atoms with Gasteiger partial charge in [0.05, 0.1) is 12.4 Å². The van der Waals surface area contributed by atoms with Crippen molar-refractivity contribution in [2.24, 2.45) is 0 Å². The van der Waals surface area contributed by atoms with Gasteiger partial charge in [0, 0.05) is 30.1 Å². The van der Waals surface area contributed by atoms with Crippen LogP contribution in [0, 0.1) is 0 Å². The SMILES string of the molecule is O=C(NCCN1CCCC1)Nc1ccc(-c2nnc(CSCCOc3ccccc3)o2)cc1. The molecule has 1 fully saturated rings. The summed E-state index contributed by atoms with van der Waals surface area (Å²) < 4.78 is 11.4. The number of nitrogens with one attached hydrogen (secondary N) is 2. The third-order valence-electron chi connectivity index (χ3n) is 5.23. The zero-order valence-electron chi connectivity index (χ0n) is 18.5. The number of anilines is 1. The number of ether oxygens (including phenoxy) is 1. The van der Waals surface area contributed by atoms with Crippen molar-refractivity contribution >= 4 is 23.5 Å². The first-order valence-corrected chi connectivity index (χ1v) is 12.4. The molecule has 9 heteroatoms. The van der Waals surface area contributed by atoms with Crippen LogP contribution in [0.15, 0.2) is 59.0 Å². The van der Waals surface area contributed by atoms with Crippen molar-refractivity contribution in [1.29, 1.82) is 0 Å². The highest BCUT2D eigenvalue weighted by Gasteiger charge is 2.12. The van der Waals surface area contributed by atoms with E-state index in [9.17, 15) is 4.79 Å². The number of aromatic nitrogens is 2. The fourth-order valence-electron chi connectivity index (χ4n) is 3.53. The van der Waals surface area contributed by atoms with Crippen LogP contribution in [-0.4, -0.2) is 59.7 Å². The Morgan fingerprint density at radius 3 is 2.64 bits per heavy atom. The first-order valence-electron chi connectivity index (χ1n) is 11.2. The van der Waals surface area contributed by atoms with Gasteiger partial charge in [-0.1, -0.05) is 18.2 Å². The van der Waals surface area contributed by atoms with Crippen LogP contribution >= 0.6 is 11.8 Å². The van der Waals surface area contributed by atoms with Crippen LogP contribution in [0.4, 0.5) is 10.5 Å². The smallest absolute Gasteiger partial charge is 0.319 e. The molecule has 0 aliphatic carbocycles. The Hall–Kier alpha value is -3.04. The van der Waals surface area contributed by atoms with Gasteiger partial charge in [0.15, 0.2) is 0 Å². The molecule has 1 aromatic heterocycles. The molecule has 4 rings (SSSR count). The molecule has 0 atom stereocenters. The van der Waals surface area contributed by atoms with Gasteiger partial charge in [-0.2, -0.15) is 0 Å². The lowest BCUT2D eigenvalue weighted by Crippen LogP contribution is -2.35. The van der Waals surface area contributed by atoms with E-state index >= 15 is 0 Å². The van der Waals surface area contributed by atoms with E-state index in [0.717, 1.165) is 36.7 Å². The summed E-state index contributed by atoms with van der Waals surface area (Å²) in [5.41, 5.74) is 1.53. The normalized spacial score (nSPS) is 13.7. The lowest BCUT2D eigenvalue weighted by molar-refractivity contribution is 0.249. The summed E-state index contributed by atoms with van der Waals surface area (Å²) in [4.78, 5) is 14.4. The molecule has 8 nitrogen and oxygen atoms in total. The van der Waals surface area contributed by atoms with Crippen molar-refractivity contribution in [1.82, 2.24) is 20.4 Å². The lowest BCUT2D eigenvalue weighted by atomic mass is 10.2. The van der Waals surface area contributed by atoms with Crippen LogP contribution in [-0.2, 0) is 5.75 Å². The number of benzene rings is 2. The van der Waals surface area contributed by atoms with Gasteiger partial charge in [0.25, 0.3) is 0 Å². The van der Waals surface area contributed by atoms with E-state index in [0.29, 0.717) is 36.4 Å². The number of hydrogen-bond acceptors (Lipinski definition) is 7. The summed E-state index contributed by atoms with van der Waals surface area (Å²) >= 11 is 1.68. The summed E-state index contributed by atoms with van der Waals surface area (Å²) in [6.45, 7) is 4.41. The van der Waals surface area contributed by atoms with E-state index in [-0.39, 0.29) is 6.03 Å². The zero-order valence-corrected chi connectivity index (χ0v) is 19.4. The molecule has 1 saturated heterocycles. The van der Waals surface area contributed by atoms with Gasteiger partial charge in [-0.05, 0) is 62.3 Å². The molecule has 1 aliphatic rings. The lowest BCUT2D eigenvalue weighted by Gasteiger charge is -2.15. The maximum Gasteiger partial charge on any atom is 0.319 e. The topological polar surface area (TPSA) is 92.5 Å². The van der Waals surface area contributed by atoms with Crippen LogP contribution in [0.3, 0.4) is 0 Å². The Labute approximate surface area is 198 Å². The Morgan fingerprint density at radius 1 is 1.06 bits per heavy atom. The number of carbonyl (C=O) groups excluding carboxylic acids is 1. The largest absolute Gasteiger partial charge is 0.493 e. The Bertz CT molecular complexity index is 991. The predicted molar refractivity (Wildman–Crippen MR) is 131 cm³/mol. The molecular weight excluding hydrogens is 438 g/mol. The summed E-state index contributed by atoms with van der Waals surface area (Å²) in [6, 6.07) is 16.9. The van der Waals surface area contributed by atoms with Gasteiger partial charge in [-0.3, -0.25) is 0 Å². The number of thioether (sulfide) groups is 1. The van der Waals surface area contributed by atoms with Crippen molar-refractivity contribution in [3.05, 3.63) is 60.5 Å². The molecule has 0 unspecified atom stereocenters. The van der Waals surface area contributed by atoms with E-state index in [4.69, 9.17) is 9.15 Å². The van der Waals surface area contributed by atoms with Crippen molar-refractivity contribution in [2.45, 2.75) is 18.6 Å². The van der Waals surface area contributed by atoms with E-state index in [1.165, 1.54) is 12.8 Å². The van der Waals surface area contributed by atoms with Gasteiger partial charge in [-0.25, -0.2) is 4.79 Å². The Kier molecular flexibility index (Phi) is 8.60. The first kappa shape index (κ1) is 23.1. The fraction of sp³-hybridized carbons (Fsp3) is 0.375. The molecule has 2 amide bonds. The first-order chi connectivity index (χ1) is 16.3. The second kappa shape index (κ2) is 12.3. The van der Waals surface area contributed by atoms with Crippen molar-refractivity contribution in [3.8, 4) is 17.2 Å². The van der Waals surface area contributed by atoms with E-state index in [2.05, 4.69) is 25.7 Å². The third-order valence-corrected chi connectivity index (χ3v) is 6.14. The minimum Gasteiger partial charge on any atom is -0.493 e. The Morgan fingerprint density at radius 2 is 1.85 bits per heavy atom. The summed E-state index contributed by atoms with van der Waals surface area (Å²) in [6.07, 6.45) is 2.51. The predicted octanol–water partition coefficient (Wildman–Crippen LogP) is 4.27. The summed E-state index contributed by atoms with van der Waals surface area (Å²) in [7, 11) is 0. The molecule has 3 aromatic rings. The van der Waals surface area contributed by atoms with Crippen LogP contribution in [0.2, 0.25) is 0 Å². The van der Waals surface area contributed by atoms with Gasteiger partial charge < -0.3 is 24.7 Å². The van der Waals surface area contributed by atoms with E-state index in [1.807, 2.05) is 54.6 Å². The molecule has 1 aliphatic heterocycles. The molecular formula is C24H29N5O3S. The number of urea groups is 1. The third kappa shape index (κ3) is 7.50. The number of rotatable bonds is 11. The van der Waals surface area contributed by atoms with Gasteiger partial charge in [0.1, 0.15) is 5.75 Å². The number of likely N-dealkylation sites (tertiary alicyclic amines) is 1. The van der Waals surface area contributed by atoms with Gasteiger partial charge in [0.2, 0.25) is 11.8 Å². The minimum atomic E-state index is -0.199. The molecule has 2 aromatic carbocycles. The molecule has 2 heterocycles. The fourth-order valence-corrected chi connectivity index (χ4v) is 4.17. The van der Waals surface area contributed by atoms with Crippen LogP contribution in [0.5, 0.6) is 5.75 Å². The summed E-state index contributed by atoms with van der Waals surface area (Å²) in [5.74, 6) is 3.37. The van der Waals surface area contributed by atoms with E-state index in [1.54, 1.807) is 11.8 Å². The number of nitrogens with zero attached hydrogens (tertiary/aromatic N) is 3. The highest BCUT2D eigenvalue weighted by atomic mass is 32.2. The second-order valence-corrected chi connectivity index (χ2v) is 8.83. The molecule has 33 heavy (non-hydrogen) atoms. The Balaban J connectivity index is 1.16. The van der Waals surface area contributed by atoms with Crippen molar-refractivity contribution in [3.63, 3.8) is 0 Å². The van der Waals surface area contributed by atoms with Crippen molar-refractivity contribution in [2.75, 3.05) is 43.9 Å². The average Bonchev–Trinajstić information content (AvgIpc) is 3.53. The molecule has 174 valence electrons. The summed E-state index contributed by atoms with van der Waals surface area (Å²) in [5, 5.41) is 14.0. The second-order valence-electron chi connectivity index (χ2n) is 7.72. The highest BCUT2D eigenvalue weighted by molar-refractivity contribution is 7.98. The quantitative estimate of drug-likeness (QED) is 0.407. The monoisotopic (exact) mass is 467 g/mol.